The second-order valence-corrected chi connectivity index (χ2v) is 7.01. The topological polar surface area (TPSA) is 94.4 Å². The highest BCUT2D eigenvalue weighted by Crippen LogP contribution is 2.30. The van der Waals surface area contributed by atoms with Gasteiger partial charge in [0.25, 0.3) is 5.69 Å². The lowest BCUT2D eigenvalue weighted by atomic mass is 9.96. The van der Waals surface area contributed by atoms with E-state index in [9.17, 15) is 14.9 Å². The van der Waals surface area contributed by atoms with Crippen molar-refractivity contribution in [2.45, 2.75) is 6.42 Å². The van der Waals surface area contributed by atoms with Gasteiger partial charge < -0.3 is 10.1 Å². The number of hydrogen-bond acceptors (Lipinski definition) is 6. The standard InChI is InChI=1S/C19H15N3O4S/c23-18(14-8-13-4-1-2-7-17(13)26-10-14)21-19-20-16(11-27-19)12-5-3-6-15(9-12)22(24)25/h1-7,9,11,14H,8,10H2,(H,20,21,23). The van der Waals surface area contributed by atoms with Crippen LogP contribution in [0.1, 0.15) is 5.56 Å². The lowest BCUT2D eigenvalue weighted by molar-refractivity contribution is -0.384. The van der Waals surface area contributed by atoms with Crippen molar-refractivity contribution in [3.05, 3.63) is 69.6 Å². The van der Waals surface area contributed by atoms with E-state index < -0.39 is 4.92 Å². The van der Waals surface area contributed by atoms with Crippen LogP contribution in [0.2, 0.25) is 0 Å². The first kappa shape index (κ1) is 17.2. The number of nitro benzene ring substituents is 1. The van der Waals surface area contributed by atoms with Crippen LogP contribution in [-0.2, 0) is 11.2 Å². The lowest BCUT2D eigenvalue weighted by Gasteiger charge is -2.24. The van der Waals surface area contributed by atoms with Gasteiger partial charge in [-0.05, 0) is 18.1 Å². The molecule has 0 spiro atoms. The van der Waals surface area contributed by atoms with Gasteiger partial charge in [-0.3, -0.25) is 14.9 Å². The Kier molecular flexibility index (Phi) is 4.55. The van der Waals surface area contributed by atoms with Gasteiger partial charge in [-0.2, -0.15) is 0 Å². The molecule has 0 radical (unpaired) electrons. The Balaban J connectivity index is 1.46. The number of nitrogens with one attached hydrogen (secondary N) is 1. The van der Waals surface area contributed by atoms with Gasteiger partial charge in [0.2, 0.25) is 5.91 Å². The smallest absolute Gasteiger partial charge is 0.270 e. The summed E-state index contributed by atoms with van der Waals surface area (Å²) in [6.45, 7) is 0.325. The van der Waals surface area contributed by atoms with Crippen LogP contribution >= 0.6 is 11.3 Å². The fourth-order valence-electron chi connectivity index (χ4n) is 2.95. The number of carbonyl (C=O) groups excluding carboxylic acids is 1. The molecule has 0 bridgehead atoms. The van der Waals surface area contributed by atoms with Crippen LogP contribution in [0.4, 0.5) is 10.8 Å². The predicted molar refractivity (Wildman–Crippen MR) is 102 cm³/mol. The molecule has 1 aliphatic rings. The van der Waals surface area contributed by atoms with E-state index in [0.717, 1.165) is 11.3 Å². The number of aromatic nitrogens is 1. The Hall–Kier alpha value is -3.26. The number of amides is 1. The second-order valence-electron chi connectivity index (χ2n) is 6.15. The van der Waals surface area contributed by atoms with Crippen LogP contribution < -0.4 is 10.1 Å². The van der Waals surface area contributed by atoms with Crippen molar-refractivity contribution >= 4 is 28.1 Å². The monoisotopic (exact) mass is 381 g/mol. The molecule has 1 amide bonds. The second kappa shape index (κ2) is 7.16. The summed E-state index contributed by atoms with van der Waals surface area (Å²) in [5, 5.41) is 16.0. The Bertz CT molecular complexity index is 1020. The number of nitrogens with zero attached hydrogens (tertiary/aromatic N) is 2. The van der Waals surface area contributed by atoms with E-state index in [4.69, 9.17) is 4.74 Å². The molecule has 0 saturated carbocycles. The average molecular weight is 381 g/mol. The van der Waals surface area contributed by atoms with Gasteiger partial charge in [0, 0.05) is 23.1 Å². The van der Waals surface area contributed by atoms with Crippen molar-refractivity contribution in [1.29, 1.82) is 0 Å². The first-order valence-electron chi connectivity index (χ1n) is 8.32. The van der Waals surface area contributed by atoms with E-state index in [1.54, 1.807) is 17.5 Å². The Morgan fingerprint density at radius 1 is 1.26 bits per heavy atom. The van der Waals surface area contributed by atoms with E-state index in [0.29, 0.717) is 29.4 Å². The van der Waals surface area contributed by atoms with Gasteiger partial charge in [0.15, 0.2) is 5.13 Å². The van der Waals surface area contributed by atoms with Crippen LogP contribution in [0.15, 0.2) is 53.9 Å². The number of rotatable bonds is 4. The summed E-state index contributed by atoms with van der Waals surface area (Å²) in [4.78, 5) is 27.4. The molecule has 8 heteroatoms. The lowest BCUT2D eigenvalue weighted by Crippen LogP contribution is -2.32. The summed E-state index contributed by atoms with van der Waals surface area (Å²) in [5.74, 6) is 0.387. The summed E-state index contributed by atoms with van der Waals surface area (Å²) in [5.41, 5.74) is 2.24. The SMILES string of the molecule is O=C(Nc1nc(-c2cccc([N+](=O)[O-])c2)cs1)C1COc2ccccc2C1. The Labute approximate surface area is 158 Å². The highest BCUT2D eigenvalue weighted by atomic mass is 32.1. The summed E-state index contributed by atoms with van der Waals surface area (Å²) in [7, 11) is 0. The molecular formula is C19H15N3O4S. The number of thiazole rings is 1. The van der Waals surface area contributed by atoms with Gasteiger partial charge in [-0.25, -0.2) is 4.98 Å². The third kappa shape index (κ3) is 3.65. The zero-order chi connectivity index (χ0) is 18.8. The molecular weight excluding hydrogens is 366 g/mol. The van der Waals surface area contributed by atoms with E-state index in [1.165, 1.54) is 23.5 Å². The molecule has 0 aliphatic carbocycles. The number of hydrogen-bond donors (Lipinski definition) is 1. The molecule has 1 aromatic heterocycles. The molecule has 7 nitrogen and oxygen atoms in total. The van der Waals surface area contributed by atoms with Crippen molar-refractivity contribution in [2.24, 2.45) is 5.92 Å². The van der Waals surface area contributed by atoms with Gasteiger partial charge in [-0.15, -0.1) is 11.3 Å². The molecule has 27 heavy (non-hydrogen) atoms. The summed E-state index contributed by atoms with van der Waals surface area (Å²) in [6.07, 6.45) is 0.616. The number of carbonyl (C=O) groups is 1. The molecule has 2 heterocycles. The number of non-ortho nitro benzene ring substituents is 1. The molecule has 1 N–H and O–H groups in total. The van der Waals surface area contributed by atoms with Crippen LogP contribution in [0.3, 0.4) is 0 Å². The minimum atomic E-state index is -0.445. The summed E-state index contributed by atoms with van der Waals surface area (Å²) in [6, 6.07) is 13.9. The van der Waals surface area contributed by atoms with E-state index in [1.807, 2.05) is 24.3 Å². The molecule has 4 rings (SSSR count). The first-order valence-corrected chi connectivity index (χ1v) is 9.20. The summed E-state index contributed by atoms with van der Waals surface area (Å²) >= 11 is 1.28. The average Bonchev–Trinajstić information content (AvgIpc) is 3.16. The highest BCUT2D eigenvalue weighted by molar-refractivity contribution is 7.14. The molecule has 0 saturated heterocycles. The summed E-state index contributed by atoms with van der Waals surface area (Å²) < 4.78 is 5.66. The van der Waals surface area contributed by atoms with Crippen molar-refractivity contribution < 1.29 is 14.5 Å². The molecule has 0 fully saturated rings. The third-order valence-electron chi connectivity index (χ3n) is 4.34. The maximum atomic E-state index is 12.6. The molecule has 1 atom stereocenters. The van der Waals surface area contributed by atoms with Crippen LogP contribution in [0, 0.1) is 16.0 Å². The first-order chi connectivity index (χ1) is 13.1. The highest BCUT2D eigenvalue weighted by Gasteiger charge is 2.26. The normalized spacial score (nSPS) is 15.5. The van der Waals surface area contributed by atoms with Crippen molar-refractivity contribution in [3.63, 3.8) is 0 Å². The zero-order valence-electron chi connectivity index (χ0n) is 14.1. The van der Waals surface area contributed by atoms with Gasteiger partial charge in [0.05, 0.1) is 16.5 Å². The van der Waals surface area contributed by atoms with Crippen molar-refractivity contribution in [2.75, 3.05) is 11.9 Å². The Morgan fingerprint density at radius 2 is 2.11 bits per heavy atom. The van der Waals surface area contributed by atoms with Gasteiger partial charge in [-0.1, -0.05) is 30.3 Å². The van der Waals surface area contributed by atoms with Crippen molar-refractivity contribution in [1.82, 2.24) is 4.98 Å². The van der Waals surface area contributed by atoms with Crippen molar-refractivity contribution in [3.8, 4) is 17.0 Å². The molecule has 1 aliphatic heterocycles. The van der Waals surface area contributed by atoms with E-state index >= 15 is 0 Å². The molecule has 3 aromatic rings. The van der Waals surface area contributed by atoms with Crippen LogP contribution in [0.25, 0.3) is 11.3 Å². The van der Waals surface area contributed by atoms with Gasteiger partial charge >= 0.3 is 0 Å². The minimum Gasteiger partial charge on any atom is -0.492 e. The number of nitro groups is 1. The molecule has 136 valence electrons. The number of ether oxygens (including phenoxy) is 1. The maximum Gasteiger partial charge on any atom is 0.270 e. The maximum absolute atomic E-state index is 12.6. The molecule has 1 unspecified atom stereocenters. The fourth-order valence-corrected chi connectivity index (χ4v) is 3.67. The minimum absolute atomic E-state index is 0.00380. The quantitative estimate of drug-likeness (QED) is 0.546. The molecule has 2 aromatic carbocycles. The number of para-hydroxylation sites is 1. The van der Waals surface area contributed by atoms with E-state index in [2.05, 4.69) is 10.3 Å². The largest absolute Gasteiger partial charge is 0.492 e. The van der Waals surface area contributed by atoms with Gasteiger partial charge in [0.1, 0.15) is 12.4 Å². The number of anilines is 1. The van der Waals surface area contributed by atoms with Crippen LogP contribution in [-0.4, -0.2) is 22.4 Å². The van der Waals surface area contributed by atoms with Crippen LogP contribution in [0.5, 0.6) is 5.75 Å². The van der Waals surface area contributed by atoms with E-state index in [-0.39, 0.29) is 17.5 Å². The number of fused-ring (bicyclic) bond motifs is 1. The Morgan fingerprint density at radius 3 is 2.96 bits per heavy atom. The fraction of sp³-hybridized carbons (Fsp3) is 0.158. The zero-order valence-corrected chi connectivity index (χ0v) is 14.9. The number of benzene rings is 2. The predicted octanol–water partition coefficient (Wildman–Crippen LogP) is 3.91. The third-order valence-corrected chi connectivity index (χ3v) is 5.09.